The van der Waals surface area contributed by atoms with E-state index in [1.165, 1.54) is 7.11 Å². The van der Waals surface area contributed by atoms with Crippen molar-refractivity contribution in [2.75, 3.05) is 7.11 Å². The summed E-state index contributed by atoms with van der Waals surface area (Å²) in [5.74, 6) is 0.621. The van der Waals surface area contributed by atoms with Gasteiger partial charge in [-0.3, -0.25) is 14.9 Å². The molecular weight excluding hydrogens is 397 g/mol. The summed E-state index contributed by atoms with van der Waals surface area (Å²) in [6.45, 7) is 0.250. The molecule has 0 aromatic heterocycles. The van der Waals surface area contributed by atoms with Gasteiger partial charge < -0.3 is 9.47 Å². The summed E-state index contributed by atoms with van der Waals surface area (Å²) in [6, 6.07) is 10.4. The van der Waals surface area contributed by atoms with Crippen LogP contribution in [0.3, 0.4) is 0 Å². The van der Waals surface area contributed by atoms with Crippen molar-refractivity contribution in [1.82, 2.24) is 5.32 Å². The third-order valence-corrected chi connectivity index (χ3v) is 4.92. The number of thioether (sulfide) groups is 1. The average Bonchev–Trinajstić information content (AvgIpc) is 2.92. The van der Waals surface area contributed by atoms with E-state index >= 15 is 0 Å². The van der Waals surface area contributed by atoms with Crippen molar-refractivity contribution in [3.8, 4) is 11.5 Å². The van der Waals surface area contributed by atoms with E-state index in [1.54, 1.807) is 42.5 Å². The first kappa shape index (κ1) is 18.6. The Kier molecular flexibility index (Phi) is 5.76. The van der Waals surface area contributed by atoms with E-state index in [-0.39, 0.29) is 11.8 Å². The first-order valence-electron chi connectivity index (χ1n) is 7.46. The van der Waals surface area contributed by atoms with E-state index < -0.39 is 5.91 Å². The van der Waals surface area contributed by atoms with Crippen LogP contribution in [-0.2, 0) is 11.4 Å². The predicted molar refractivity (Wildman–Crippen MR) is 103 cm³/mol. The third kappa shape index (κ3) is 4.33. The molecule has 1 aliphatic rings. The maximum absolute atomic E-state index is 11.6. The van der Waals surface area contributed by atoms with E-state index in [1.807, 2.05) is 0 Å². The second-order valence-corrected chi connectivity index (χ2v) is 7.15. The highest BCUT2D eigenvalue weighted by Crippen LogP contribution is 2.32. The van der Waals surface area contributed by atoms with E-state index in [2.05, 4.69) is 5.32 Å². The third-order valence-electron chi connectivity index (χ3n) is 3.53. The average molecular weight is 410 g/mol. The highest BCUT2D eigenvalue weighted by atomic mass is 35.5. The quantitative estimate of drug-likeness (QED) is 0.710. The number of carbonyl (C=O) groups is 2. The number of amides is 2. The van der Waals surface area contributed by atoms with Gasteiger partial charge in [0.05, 0.1) is 12.0 Å². The largest absolute Gasteiger partial charge is 0.493 e. The number of benzene rings is 2. The molecule has 1 aliphatic heterocycles. The molecular formula is C18H13Cl2NO4S. The fourth-order valence-electron chi connectivity index (χ4n) is 2.26. The van der Waals surface area contributed by atoms with Gasteiger partial charge in [-0.1, -0.05) is 35.3 Å². The van der Waals surface area contributed by atoms with Crippen LogP contribution in [0.15, 0.2) is 41.3 Å². The molecule has 8 heteroatoms. The zero-order valence-corrected chi connectivity index (χ0v) is 15.9. The first-order valence-corrected chi connectivity index (χ1v) is 9.03. The van der Waals surface area contributed by atoms with Crippen molar-refractivity contribution in [3.63, 3.8) is 0 Å². The molecule has 2 aromatic rings. The number of methoxy groups -OCH3 is 1. The first-order chi connectivity index (χ1) is 12.5. The molecule has 1 heterocycles. The Balaban J connectivity index is 1.77. The van der Waals surface area contributed by atoms with Gasteiger partial charge in [-0.2, -0.15) is 0 Å². The summed E-state index contributed by atoms with van der Waals surface area (Å²) >= 11 is 12.9. The molecule has 0 saturated carbocycles. The number of imide groups is 1. The number of nitrogens with one attached hydrogen (secondary N) is 1. The standard InChI is InChI=1S/C18H13Cl2NO4S/c1-24-15-6-10(7-16-17(22)21-18(23)26-16)2-5-14(15)25-9-11-3-4-12(19)8-13(11)20/h2-8H,9H2,1H3,(H,21,22,23)/b16-7+. The Morgan fingerprint density at radius 2 is 1.92 bits per heavy atom. The maximum Gasteiger partial charge on any atom is 0.290 e. The molecule has 0 aliphatic carbocycles. The molecule has 26 heavy (non-hydrogen) atoms. The van der Waals surface area contributed by atoms with Crippen molar-refractivity contribution in [1.29, 1.82) is 0 Å². The minimum atomic E-state index is -0.406. The fraction of sp³-hybridized carbons (Fsp3) is 0.111. The lowest BCUT2D eigenvalue weighted by molar-refractivity contribution is -0.115. The molecule has 0 radical (unpaired) electrons. The highest BCUT2D eigenvalue weighted by Gasteiger charge is 2.25. The highest BCUT2D eigenvalue weighted by molar-refractivity contribution is 8.18. The molecule has 1 fully saturated rings. The normalized spacial score (nSPS) is 15.3. The van der Waals surface area contributed by atoms with Crippen LogP contribution in [0.1, 0.15) is 11.1 Å². The molecule has 2 aromatic carbocycles. The van der Waals surface area contributed by atoms with E-state index in [0.717, 1.165) is 17.3 Å². The van der Waals surface area contributed by atoms with Crippen LogP contribution in [0.2, 0.25) is 10.0 Å². The molecule has 1 saturated heterocycles. The van der Waals surface area contributed by atoms with Crippen LogP contribution in [-0.4, -0.2) is 18.3 Å². The van der Waals surface area contributed by atoms with Gasteiger partial charge in [-0.25, -0.2) is 0 Å². The minimum Gasteiger partial charge on any atom is -0.493 e. The number of ether oxygens (including phenoxy) is 2. The monoisotopic (exact) mass is 409 g/mol. The van der Waals surface area contributed by atoms with Crippen LogP contribution in [0.25, 0.3) is 6.08 Å². The summed E-state index contributed by atoms with van der Waals surface area (Å²) in [6.07, 6.45) is 1.62. The van der Waals surface area contributed by atoms with Crippen LogP contribution in [0.4, 0.5) is 4.79 Å². The molecule has 1 N–H and O–H groups in total. The Morgan fingerprint density at radius 3 is 2.58 bits per heavy atom. The number of halogens is 2. The summed E-state index contributed by atoms with van der Waals surface area (Å²) in [4.78, 5) is 23.2. The van der Waals surface area contributed by atoms with Crippen LogP contribution in [0, 0.1) is 0 Å². The van der Waals surface area contributed by atoms with Gasteiger partial charge in [0.2, 0.25) is 0 Å². The number of hydrogen-bond acceptors (Lipinski definition) is 5. The summed E-state index contributed by atoms with van der Waals surface area (Å²) < 4.78 is 11.1. The minimum absolute atomic E-state index is 0.250. The second kappa shape index (κ2) is 8.03. The molecule has 0 atom stereocenters. The van der Waals surface area contributed by atoms with Gasteiger partial charge >= 0.3 is 0 Å². The van der Waals surface area contributed by atoms with Crippen LogP contribution in [0.5, 0.6) is 11.5 Å². The summed E-state index contributed by atoms with van der Waals surface area (Å²) in [7, 11) is 1.52. The molecule has 0 unspecified atom stereocenters. The van der Waals surface area contributed by atoms with Crippen molar-refractivity contribution in [3.05, 3.63) is 62.5 Å². The Hall–Kier alpha value is -2.15. The lowest BCUT2D eigenvalue weighted by Crippen LogP contribution is -2.17. The lowest BCUT2D eigenvalue weighted by Gasteiger charge is -2.12. The summed E-state index contributed by atoms with van der Waals surface area (Å²) in [5.41, 5.74) is 1.51. The molecule has 0 spiro atoms. The molecule has 3 rings (SSSR count). The Morgan fingerprint density at radius 1 is 1.12 bits per heavy atom. The molecule has 0 bridgehead atoms. The van der Waals surface area contributed by atoms with Gasteiger partial charge in [0, 0.05) is 15.6 Å². The van der Waals surface area contributed by atoms with Gasteiger partial charge in [-0.15, -0.1) is 0 Å². The lowest BCUT2D eigenvalue weighted by atomic mass is 10.2. The number of hydrogen-bond donors (Lipinski definition) is 1. The van der Waals surface area contributed by atoms with E-state index in [4.69, 9.17) is 32.7 Å². The predicted octanol–water partition coefficient (Wildman–Crippen LogP) is 4.90. The molecule has 5 nitrogen and oxygen atoms in total. The van der Waals surface area contributed by atoms with Crippen molar-refractivity contribution < 1.29 is 19.1 Å². The van der Waals surface area contributed by atoms with Gasteiger partial charge in [0.15, 0.2) is 11.5 Å². The fourth-order valence-corrected chi connectivity index (χ4v) is 3.41. The van der Waals surface area contributed by atoms with Crippen molar-refractivity contribution in [2.45, 2.75) is 6.61 Å². The second-order valence-electron chi connectivity index (χ2n) is 5.29. The van der Waals surface area contributed by atoms with Crippen LogP contribution < -0.4 is 14.8 Å². The van der Waals surface area contributed by atoms with Gasteiger partial charge in [0.1, 0.15) is 6.61 Å². The van der Waals surface area contributed by atoms with E-state index in [9.17, 15) is 9.59 Å². The Labute approximate surface area is 164 Å². The van der Waals surface area contributed by atoms with Gasteiger partial charge in [0.25, 0.3) is 11.1 Å². The topological polar surface area (TPSA) is 64.6 Å². The van der Waals surface area contributed by atoms with Gasteiger partial charge in [-0.05, 0) is 47.7 Å². The number of carbonyl (C=O) groups excluding carboxylic acids is 2. The van der Waals surface area contributed by atoms with Crippen molar-refractivity contribution >= 4 is 52.2 Å². The smallest absolute Gasteiger partial charge is 0.290 e. The van der Waals surface area contributed by atoms with Crippen LogP contribution >= 0.6 is 35.0 Å². The van der Waals surface area contributed by atoms with Crippen molar-refractivity contribution in [2.24, 2.45) is 0 Å². The number of rotatable bonds is 5. The van der Waals surface area contributed by atoms with E-state index in [0.29, 0.717) is 32.0 Å². The SMILES string of the molecule is COc1cc(/C=C2/SC(=O)NC2=O)ccc1OCc1ccc(Cl)cc1Cl. The molecule has 2 amide bonds. The zero-order chi connectivity index (χ0) is 18.7. The Bertz CT molecular complexity index is 914. The molecule has 134 valence electrons. The maximum atomic E-state index is 11.6. The summed E-state index contributed by atoms with van der Waals surface area (Å²) in [5, 5.41) is 2.91. The zero-order valence-electron chi connectivity index (χ0n) is 13.5.